The molecule has 0 radical (unpaired) electrons. The predicted octanol–water partition coefficient (Wildman–Crippen LogP) is 1.19. The van der Waals surface area contributed by atoms with Gasteiger partial charge in [0.15, 0.2) is 18.1 Å². The molecular weight excluding hydrogens is 302 g/mol. The van der Waals surface area contributed by atoms with Crippen LogP contribution in [0.1, 0.15) is 23.2 Å². The van der Waals surface area contributed by atoms with Gasteiger partial charge in [-0.3, -0.25) is 9.59 Å². The van der Waals surface area contributed by atoms with E-state index in [4.69, 9.17) is 18.9 Å². The van der Waals surface area contributed by atoms with Crippen molar-refractivity contribution in [3.63, 3.8) is 0 Å². The molecule has 7 heteroatoms. The quantitative estimate of drug-likeness (QED) is 0.596. The lowest BCUT2D eigenvalue weighted by Crippen LogP contribution is -2.33. The van der Waals surface area contributed by atoms with Crippen LogP contribution >= 0.6 is 0 Å². The van der Waals surface area contributed by atoms with E-state index in [0.717, 1.165) is 19.4 Å². The highest BCUT2D eigenvalue weighted by atomic mass is 16.5. The van der Waals surface area contributed by atoms with Gasteiger partial charge in [0.1, 0.15) is 6.04 Å². The van der Waals surface area contributed by atoms with Gasteiger partial charge in [0.25, 0.3) is 0 Å². The van der Waals surface area contributed by atoms with E-state index in [2.05, 4.69) is 5.32 Å². The number of Topliss-reactive ketones (excluding diaryl/α,β-unsaturated/α-hetero) is 1. The van der Waals surface area contributed by atoms with E-state index in [1.54, 1.807) is 0 Å². The molecule has 1 aromatic rings. The standard InChI is InChI=1S/C16H21NO6/c1-20-13-7-10(8-14(21-2)15(13)22-3)12(18)9-23-16(19)11-5-4-6-17-11/h7-8,11,17H,4-6,9H2,1-3H3/t11-/m0/s1. The number of rotatable bonds is 7. The summed E-state index contributed by atoms with van der Waals surface area (Å²) in [5.41, 5.74) is 0.326. The van der Waals surface area contributed by atoms with Crippen molar-refractivity contribution in [3.8, 4) is 17.2 Å². The molecule has 0 amide bonds. The molecule has 1 aliphatic rings. The van der Waals surface area contributed by atoms with Gasteiger partial charge in [-0.1, -0.05) is 0 Å². The summed E-state index contributed by atoms with van der Waals surface area (Å²) >= 11 is 0. The van der Waals surface area contributed by atoms with Crippen LogP contribution in [-0.4, -0.2) is 52.3 Å². The second kappa shape index (κ2) is 7.82. The average Bonchev–Trinajstić information content (AvgIpc) is 3.12. The molecule has 0 bridgehead atoms. The lowest BCUT2D eigenvalue weighted by molar-refractivity contribution is -0.144. The molecule has 1 saturated heterocycles. The summed E-state index contributed by atoms with van der Waals surface area (Å²) in [6.07, 6.45) is 1.66. The number of ether oxygens (including phenoxy) is 4. The smallest absolute Gasteiger partial charge is 0.323 e. The van der Waals surface area contributed by atoms with E-state index in [1.165, 1.54) is 33.5 Å². The first kappa shape index (κ1) is 17.1. The van der Waals surface area contributed by atoms with Crippen LogP contribution in [0.2, 0.25) is 0 Å². The van der Waals surface area contributed by atoms with Crippen molar-refractivity contribution in [3.05, 3.63) is 17.7 Å². The Balaban J connectivity index is 2.07. The molecule has 1 heterocycles. The molecule has 0 aromatic heterocycles. The van der Waals surface area contributed by atoms with E-state index in [1.807, 2.05) is 0 Å². The zero-order valence-electron chi connectivity index (χ0n) is 13.5. The number of carbonyl (C=O) groups excluding carboxylic acids is 2. The van der Waals surface area contributed by atoms with E-state index in [9.17, 15) is 9.59 Å². The van der Waals surface area contributed by atoms with Gasteiger partial charge in [-0.15, -0.1) is 0 Å². The van der Waals surface area contributed by atoms with Crippen LogP contribution in [0, 0.1) is 0 Å². The van der Waals surface area contributed by atoms with Crippen LogP contribution in [0.4, 0.5) is 0 Å². The highest BCUT2D eigenvalue weighted by Crippen LogP contribution is 2.38. The third kappa shape index (κ3) is 3.92. The van der Waals surface area contributed by atoms with Crippen LogP contribution < -0.4 is 19.5 Å². The fraction of sp³-hybridized carbons (Fsp3) is 0.500. The zero-order valence-corrected chi connectivity index (χ0v) is 13.5. The molecular formula is C16H21NO6. The topological polar surface area (TPSA) is 83.1 Å². The maximum absolute atomic E-state index is 12.3. The van der Waals surface area contributed by atoms with E-state index < -0.39 is 5.97 Å². The van der Waals surface area contributed by atoms with Crippen molar-refractivity contribution in [1.29, 1.82) is 0 Å². The molecule has 1 fully saturated rings. The van der Waals surface area contributed by atoms with E-state index >= 15 is 0 Å². The number of methoxy groups -OCH3 is 3. The minimum absolute atomic E-state index is 0.317. The summed E-state index contributed by atoms with van der Waals surface area (Å²) in [6.45, 7) is 0.468. The number of hydrogen-bond donors (Lipinski definition) is 1. The molecule has 7 nitrogen and oxygen atoms in total. The van der Waals surface area contributed by atoms with Crippen LogP contribution in [0.25, 0.3) is 0 Å². The highest BCUT2D eigenvalue weighted by molar-refractivity contribution is 5.99. The number of esters is 1. The van der Waals surface area contributed by atoms with Gasteiger partial charge in [-0.2, -0.15) is 0 Å². The van der Waals surface area contributed by atoms with Crippen molar-refractivity contribution in [1.82, 2.24) is 5.32 Å². The SMILES string of the molecule is COc1cc(C(=O)COC(=O)[C@@H]2CCCN2)cc(OC)c1OC. The van der Waals surface area contributed by atoms with Crippen LogP contribution in [0.15, 0.2) is 12.1 Å². The molecule has 1 N–H and O–H groups in total. The number of nitrogens with one attached hydrogen (secondary N) is 1. The Morgan fingerprint density at radius 3 is 2.26 bits per heavy atom. The van der Waals surface area contributed by atoms with Gasteiger partial charge in [0, 0.05) is 5.56 Å². The first-order valence-corrected chi connectivity index (χ1v) is 7.34. The van der Waals surface area contributed by atoms with Crippen molar-refractivity contribution < 1.29 is 28.5 Å². The fourth-order valence-corrected chi connectivity index (χ4v) is 2.45. The lowest BCUT2D eigenvalue weighted by Gasteiger charge is -2.14. The van der Waals surface area contributed by atoms with Gasteiger partial charge < -0.3 is 24.3 Å². The highest BCUT2D eigenvalue weighted by Gasteiger charge is 2.24. The van der Waals surface area contributed by atoms with Gasteiger partial charge >= 0.3 is 5.97 Å². The van der Waals surface area contributed by atoms with Crippen LogP contribution in [0.5, 0.6) is 17.2 Å². The first-order chi connectivity index (χ1) is 11.1. The van der Waals surface area contributed by atoms with Gasteiger partial charge in [0.2, 0.25) is 11.5 Å². The van der Waals surface area contributed by atoms with Crippen molar-refractivity contribution >= 4 is 11.8 Å². The second-order valence-electron chi connectivity index (χ2n) is 5.09. The summed E-state index contributed by atoms with van der Waals surface area (Å²) in [5.74, 6) is 0.413. The molecule has 2 rings (SSSR count). The Kier molecular flexibility index (Phi) is 5.81. The molecule has 0 spiro atoms. The summed E-state index contributed by atoms with van der Waals surface area (Å²) in [7, 11) is 4.42. The average molecular weight is 323 g/mol. The van der Waals surface area contributed by atoms with E-state index in [-0.39, 0.29) is 18.4 Å². The summed E-state index contributed by atoms with van der Waals surface area (Å²) in [5, 5.41) is 3.03. The maximum Gasteiger partial charge on any atom is 0.323 e. The Morgan fingerprint density at radius 2 is 1.78 bits per heavy atom. The summed E-state index contributed by atoms with van der Waals surface area (Å²) < 4.78 is 20.7. The molecule has 1 aromatic carbocycles. The Morgan fingerprint density at radius 1 is 1.13 bits per heavy atom. The monoisotopic (exact) mass is 323 g/mol. The van der Waals surface area contributed by atoms with Crippen molar-refractivity contribution in [2.45, 2.75) is 18.9 Å². The third-order valence-corrected chi connectivity index (χ3v) is 3.68. The molecule has 1 atom stereocenters. The summed E-state index contributed by atoms with van der Waals surface area (Å²) in [4.78, 5) is 24.1. The van der Waals surface area contributed by atoms with Gasteiger partial charge in [-0.25, -0.2) is 0 Å². The van der Waals surface area contributed by atoms with Crippen molar-refractivity contribution in [2.24, 2.45) is 0 Å². The lowest BCUT2D eigenvalue weighted by atomic mass is 10.1. The Bertz CT molecular complexity index is 555. The fourth-order valence-electron chi connectivity index (χ4n) is 2.45. The van der Waals surface area contributed by atoms with Gasteiger partial charge in [-0.05, 0) is 31.5 Å². The van der Waals surface area contributed by atoms with Crippen LogP contribution in [-0.2, 0) is 9.53 Å². The first-order valence-electron chi connectivity index (χ1n) is 7.34. The molecule has 0 saturated carbocycles. The molecule has 1 aliphatic heterocycles. The zero-order chi connectivity index (χ0) is 16.8. The molecule has 0 unspecified atom stereocenters. The third-order valence-electron chi connectivity index (χ3n) is 3.68. The summed E-state index contributed by atoms with van der Waals surface area (Å²) in [6, 6.07) is 2.75. The minimum Gasteiger partial charge on any atom is -0.493 e. The van der Waals surface area contributed by atoms with Crippen LogP contribution in [0.3, 0.4) is 0 Å². The molecule has 23 heavy (non-hydrogen) atoms. The molecule has 0 aliphatic carbocycles. The molecule has 126 valence electrons. The Hall–Kier alpha value is -2.28. The number of ketones is 1. The number of carbonyl (C=O) groups is 2. The number of hydrogen-bond acceptors (Lipinski definition) is 7. The van der Waals surface area contributed by atoms with E-state index in [0.29, 0.717) is 22.8 Å². The minimum atomic E-state index is -0.400. The number of benzene rings is 1. The Labute approximate surface area is 134 Å². The second-order valence-corrected chi connectivity index (χ2v) is 5.09. The van der Waals surface area contributed by atoms with Gasteiger partial charge in [0.05, 0.1) is 21.3 Å². The maximum atomic E-state index is 12.3. The largest absolute Gasteiger partial charge is 0.493 e. The predicted molar refractivity (Wildman–Crippen MR) is 82.4 cm³/mol. The van der Waals surface area contributed by atoms with Crippen molar-refractivity contribution in [2.75, 3.05) is 34.5 Å². The normalized spacial score (nSPS) is 16.7.